The van der Waals surface area contributed by atoms with Crippen molar-refractivity contribution in [2.75, 3.05) is 13.1 Å². The Kier molecular flexibility index (Phi) is 3.90. The summed E-state index contributed by atoms with van der Waals surface area (Å²) >= 11 is 0. The van der Waals surface area contributed by atoms with E-state index in [1.165, 1.54) is 10.6 Å². The number of hydrogen-bond acceptors (Lipinski definition) is 3. The number of piperidine rings is 1. The fourth-order valence-electron chi connectivity index (χ4n) is 2.35. The van der Waals surface area contributed by atoms with Crippen LogP contribution in [0.2, 0.25) is 0 Å². The van der Waals surface area contributed by atoms with Crippen LogP contribution in [0.3, 0.4) is 0 Å². The van der Waals surface area contributed by atoms with Gasteiger partial charge in [0.05, 0.1) is 6.10 Å². The number of carboxylic acids is 1. The lowest BCUT2D eigenvalue weighted by Gasteiger charge is -2.34. The number of likely N-dealkylation sites (tertiary alicyclic amines) is 1. The number of aliphatic hydroxyl groups excluding tert-OH is 1. The monoisotopic (exact) mass is 266 g/mol. The molecule has 1 aliphatic heterocycles. The second kappa shape index (κ2) is 5.44. The second-order valence-electron chi connectivity index (χ2n) is 5.00. The number of rotatable bonds is 3. The smallest absolute Gasteiger partial charge is 0.352 e. The first kappa shape index (κ1) is 13.6. The van der Waals surface area contributed by atoms with E-state index in [0.29, 0.717) is 19.5 Å². The molecule has 104 valence electrons. The summed E-state index contributed by atoms with van der Waals surface area (Å²) in [6.07, 6.45) is 1.80. The van der Waals surface area contributed by atoms with E-state index in [1.807, 2.05) is 6.92 Å². The van der Waals surface area contributed by atoms with Gasteiger partial charge >= 0.3 is 5.97 Å². The Morgan fingerprint density at radius 3 is 2.84 bits per heavy atom. The van der Waals surface area contributed by atoms with Gasteiger partial charge in [0, 0.05) is 19.3 Å². The van der Waals surface area contributed by atoms with Crippen LogP contribution >= 0.6 is 0 Å². The largest absolute Gasteiger partial charge is 0.477 e. The maximum Gasteiger partial charge on any atom is 0.352 e. The molecule has 1 aliphatic rings. The molecule has 6 heteroatoms. The number of carbonyl (C=O) groups excluding carboxylic acids is 1. The summed E-state index contributed by atoms with van der Waals surface area (Å²) in [5.74, 6) is -1.10. The van der Waals surface area contributed by atoms with Gasteiger partial charge in [-0.2, -0.15) is 0 Å². The van der Waals surface area contributed by atoms with Crippen molar-refractivity contribution in [3.63, 3.8) is 0 Å². The minimum atomic E-state index is -1.04. The topological polar surface area (TPSA) is 82.8 Å². The molecule has 0 bridgehead atoms. The van der Waals surface area contributed by atoms with Crippen molar-refractivity contribution < 1.29 is 19.8 Å². The number of hydrogen-bond donors (Lipinski definition) is 2. The summed E-state index contributed by atoms with van der Waals surface area (Å²) in [6.45, 7) is 2.97. The normalized spacial score (nSPS) is 23.4. The molecule has 6 nitrogen and oxygen atoms in total. The standard InChI is InChI=1S/C13H18N2O4/c1-9-7-15(6-4-11(9)16)12(17)8-14-5-2-3-10(14)13(18)19/h2-3,5,9,11,16H,4,6-8H2,1H3,(H,18,19). The van der Waals surface area contributed by atoms with Gasteiger partial charge in [-0.25, -0.2) is 4.79 Å². The van der Waals surface area contributed by atoms with Crippen LogP contribution in [0.4, 0.5) is 0 Å². The first-order valence-electron chi connectivity index (χ1n) is 6.33. The number of aromatic nitrogens is 1. The lowest BCUT2D eigenvalue weighted by Crippen LogP contribution is -2.46. The zero-order valence-corrected chi connectivity index (χ0v) is 10.8. The fraction of sp³-hybridized carbons (Fsp3) is 0.538. The van der Waals surface area contributed by atoms with E-state index in [1.54, 1.807) is 17.2 Å². The zero-order valence-electron chi connectivity index (χ0n) is 10.8. The van der Waals surface area contributed by atoms with Gasteiger partial charge in [0.15, 0.2) is 0 Å². The van der Waals surface area contributed by atoms with Crippen molar-refractivity contribution in [1.82, 2.24) is 9.47 Å². The fourth-order valence-corrected chi connectivity index (χ4v) is 2.35. The van der Waals surface area contributed by atoms with Crippen molar-refractivity contribution in [3.05, 3.63) is 24.0 Å². The molecule has 2 atom stereocenters. The molecule has 2 N–H and O–H groups in total. The van der Waals surface area contributed by atoms with Gasteiger partial charge in [-0.15, -0.1) is 0 Å². The van der Waals surface area contributed by atoms with Crippen LogP contribution in [0, 0.1) is 5.92 Å². The van der Waals surface area contributed by atoms with E-state index in [-0.39, 0.29) is 30.2 Å². The van der Waals surface area contributed by atoms with Crippen LogP contribution < -0.4 is 0 Å². The van der Waals surface area contributed by atoms with E-state index in [9.17, 15) is 14.7 Å². The number of aliphatic hydroxyl groups is 1. The summed E-state index contributed by atoms with van der Waals surface area (Å²) in [5, 5.41) is 18.6. The van der Waals surface area contributed by atoms with Crippen LogP contribution in [0.15, 0.2) is 18.3 Å². The Morgan fingerprint density at radius 1 is 1.47 bits per heavy atom. The maximum absolute atomic E-state index is 12.1. The number of nitrogens with zero attached hydrogens (tertiary/aromatic N) is 2. The molecule has 1 saturated heterocycles. The second-order valence-corrected chi connectivity index (χ2v) is 5.00. The Labute approximate surface area is 111 Å². The minimum Gasteiger partial charge on any atom is -0.477 e. The van der Waals surface area contributed by atoms with Crippen LogP contribution in [0.25, 0.3) is 0 Å². The summed E-state index contributed by atoms with van der Waals surface area (Å²) in [6, 6.07) is 3.08. The van der Waals surface area contributed by atoms with Crippen LogP contribution in [0.1, 0.15) is 23.8 Å². The van der Waals surface area contributed by atoms with E-state index in [2.05, 4.69) is 0 Å². The van der Waals surface area contributed by atoms with Gasteiger partial charge in [0.1, 0.15) is 12.2 Å². The van der Waals surface area contributed by atoms with E-state index in [0.717, 1.165) is 0 Å². The molecule has 1 amide bonds. The van der Waals surface area contributed by atoms with E-state index < -0.39 is 5.97 Å². The predicted molar refractivity (Wildman–Crippen MR) is 67.8 cm³/mol. The van der Waals surface area contributed by atoms with Gasteiger partial charge < -0.3 is 19.7 Å². The summed E-state index contributed by atoms with van der Waals surface area (Å²) in [5.41, 5.74) is 0.110. The highest BCUT2D eigenvalue weighted by molar-refractivity contribution is 5.86. The first-order chi connectivity index (χ1) is 8.99. The first-order valence-corrected chi connectivity index (χ1v) is 6.33. The van der Waals surface area contributed by atoms with E-state index >= 15 is 0 Å². The number of aromatic carboxylic acids is 1. The molecular formula is C13H18N2O4. The van der Waals surface area contributed by atoms with Crippen LogP contribution in [0.5, 0.6) is 0 Å². The summed E-state index contributed by atoms with van der Waals surface area (Å²) in [7, 11) is 0. The molecule has 0 saturated carbocycles. The quantitative estimate of drug-likeness (QED) is 0.830. The highest BCUT2D eigenvalue weighted by Crippen LogP contribution is 2.17. The van der Waals surface area contributed by atoms with Crippen molar-refractivity contribution in [2.24, 2.45) is 5.92 Å². The van der Waals surface area contributed by atoms with Crippen LogP contribution in [-0.2, 0) is 11.3 Å². The number of amides is 1. The van der Waals surface area contributed by atoms with Gasteiger partial charge in [0.25, 0.3) is 0 Å². The molecule has 19 heavy (non-hydrogen) atoms. The van der Waals surface area contributed by atoms with Gasteiger partial charge in [0.2, 0.25) is 5.91 Å². The molecule has 1 aromatic heterocycles. The Morgan fingerprint density at radius 2 is 2.21 bits per heavy atom. The summed E-state index contributed by atoms with van der Waals surface area (Å²) in [4.78, 5) is 24.8. The third kappa shape index (κ3) is 2.96. The molecule has 1 fully saturated rings. The average Bonchev–Trinajstić information content (AvgIpc) is 2.80. The molecule has 2 heterocycles. The minimum absolute atomic E-state index is 0.0252. The third-order valence-electron chi connectivity index (χ3n) is 3.57. The molecule has 0 aliphatic carbocycles. The van der Waals surface area contributed by atoms with Crippen molar-refractivity contribution in [1.29, 1.82) is 0 Å². The molecule has 1 aromatic rings. The van der Waals surface area contributed by atoms with Gasteiger partial charge in [-0.1, -0.05) is 6.92 Å². The average molecular weight is 266 g/mol. The number of carboxylic acid groups (broad SMARTS) is 1. The third-order valence-corrected chi connectivity index (χ3v) is 3.57. The molecule has 2 unspecified atom stereocenters. The van der Waals surface area contributed by atoms with Crippen molar-refractivity contribution in [3.8, 4) is 0 Å². The number of carbonyl (C=O) groups is 2. The molecule has 0 spiro atoms. The zero-order chi connectivity index (χ0) is 14.0. The SMILES string of the molecule is CC1CN(C(=O)Cn2cccc2C(=O)O)CCC1O. The highest BCUT2D eigenvalue weighted by Gasteiger charge is 2.27. The molecular weight excluding hydrogens is 248 g/mol. The van der Waals surface area contributed by atoms with Gasteiger partial charge in [-0.05, 0) is 24.5 Å². The van der Waals surface area contributed by atoms with Crippen LogP contribution in [-0.4, -0.2) is 50.8 Å². The maximum atomic E-state index is 12.1. The predicted octanol–water partition coefficient (Wildman–Crippen LogP) is 0.416. The van der Waals surface area contributed by atoms with Crippen molar-refractivity contribution >= 4 is 11.9 Å². The lowest BCUT2D eigenvalue weighted by atomic mass is 9.97. The highest BCUT2D eigenvalue weighted by atomic mass is 16.4. The lowest BCUT2D eigenvalue weighted by molar-refractivity contribution is -0.135. The van der Waals surface area contributed by atoms with Gasteiger partial charge in [-0.3, -0.25) is 4.79 Å². The summed E-state index contributed by atoms with van der Waals surface area (Å²) < 4.78 is 1.43. The Bertz CT molecular complexity index is 483. The molecule has 0 radical (unpaired) electrons. The molecule has 0 aromatic carbocycles. The van der Waals surface area contributed by atoms with E-state index in [4.69, 9.17) is 5.11 Å². The Balaban J connectivity index is 2.01. The Hall–Kier alpha value is -1.82. The van der Waals surface area contributed by atoms with Crippen molar-refractivity contribution in [2.45, 2.75) is 26.0 Å². The molecule has 2 rings (SSSR count).